The van der Waals surface area contributed by atoms with E-state index in [4.69, 9.17) is 18.7 Å². The number of pyridine rings is 1. The zero-order chi connectivity index (χ0) is 27.7. The van der Waals surface area contributed by atoms with Crippen molar-refractivity contribution in [3.8, 4) is 29.1 Å². The molecule has 0 saturated carbocycles. The number of nitrogens with zero attached hydrogens (tertiary/aromatic N) is 3. The topological polar surface area (TPSA) is 120 Å². The van der Waals surface area contributed by atoms with Crippen LogP contribution in [0.25, 0.3) is 21.7 Å². The Hall–Kier alpha value is -5.10. The van der Waals surface area contributed by atoms with Crippen molar-refractivity contribution in [3.63, 3.8) is 0 Å². The molecule has 0 aliphatic heterocycles. The highest BCUT2D eigenvalue weighted by Crippen LogP contribution is 2.39. The van der Waals surface area contributed by atoms with Gasteiger partial charge in [-0.25, -0.2) is 0 Å². The van der Waals surface area contributed by atoms with Crippen molar-refractivity contribution in [2.24, 2.45) is 0 Å². The van der Waals surface area contributed by atoms with Crippen LogP contribution in [0.5, 0.6) is 23.0 Å². The molecule has 9 nitrogen and oxygen atoms in total. The van der Waals surface area contributed by atoms with Crippen LogP contribution in [0, 0.1) is 11.3 Å². The summed E-state index contributed by atoms with van der Waals surface area (Å²) in [5, 5.41) is 18.6. The largest absolute Gasteiger partial charge is 0.493 e. The van der Waals surface area contributed by atoms with Gasteiger partial charge in [-0.1, -0.05) is 38.1 Å². The van der Waals surface area contributed by atoms with Crippen molar-refractivity contribution in [2.75, 3.05) is 19.5 Å². The fraction of sp³-hybridized carbons (Fsp3) is 0.200. The van der Waals surface area contributed by atoms with Crippen LogP contribution in [0.4, 0.5) is 5.82 Å². The molecule has 0 atom stereocenters. The molecule has 0 spiro atoms. The summed E-state index contributed by atoms with van der Waals surface area (Å²) in [6.07, 6.45) is 1.46. The summed E-state index contributed by atoms with van der Waals surface area (Å²) in [5.74, 6) is 2.56. The first-order valence-electron chi connectivity index (χ1n) is 12.2. The van der Waals surface area contributed by atoms with Gasteiger partial charge < -0.3 is 24.1 Å². The third-order valence-electron chi connectivity index (χ3n) is 6.25. The van der Waals surface area contributed by atoms with Gasteiger partial charge >= 0.3 is 0 Å². The number of fused-ring (bicyclic) bond motifs is 2. The Balaban J connectivity index is 1.49. The molecule has 9 heteroatoms. The first-order chi connectivity index (χ1) is 18.7. The normalized spacial score (nSPS) is 11.3. The summed E-state index contributed by atoms with van der Waals surface area (Å²) in [6, 6.07) is 18.1. The van der Waals surface area contributed by atoms with Crippen LogP contribution in [0.15, 0.2) is 65.3 Å². The second-order valence-corrected chi connectivity index (χ2v) is 9.91. The van der Waals surface area contributed by atoms with Crippen LogP contribution in [0.1, 0.15) is 42.5 Å². The van der Waals surface area contributed by atoms with Gasteiger partial charge in [-0.3, -0.25) is 9.78 Å². The molecule has 0 saturated heterocycles. The van der Waals surface area contributed by atoms with E-state index >= 15 is 0 Å². The average molecular weight is 523 g/mol. The minimum absolute atomic E-state index is 0.228. The fourth-order valence-corrected chi connectivity index (χ4v) is 4.20. The second-order valence-electron chi connectivity index (χ2n) is 9.91. The van der Waals surface area contributed by atoms with Gasteiger partial charge in [0.05, 0.1) is 19.7 Å². The van der Waals surface area contributed by atoms with Gasteiger partial charge in [0.1, 0.15) is 23.1 Å². The maximum Gasteiger partial charge on any atom is 0.257 e. The van der Waals surface area contributed by atoms with Crippen LogP contribution in [0.3, 0.4) is 0 Å². The molecular weight excluding hydrogens is 496 g/mol. The summed E-state index contributed by atoms with van der Waals surface area (Å²) < 4.78 is 22.4. The summed E-state index contributed by atoms with van der Waals surface area (Å²) in [4.78, 5) is 17.5. The van der Waals surface area contributed by atoms with Gasteiger partial charge in [-0.2, -0.15) is 5.26 Å². The van der Waals surface area contributed by atoms with Gasteiger partial charge in [0, 0.05) is 34.7 Å². The lowest BCUT2D eigenvalue weighted by atomic mass is 9.93. The Labute approximate surface area is 224 Å². The lowest BCUT2D eigenvalue weighted by Crippen LogP contribution is -2.13. The van der Waals surface area contributed by atoms with Crippen LogP contribution in [0.2, 0.25) is 0 Å². The number of hydrogen-bond donors (Lipinski definition) is 1. The molecule has 2 aromatic heterocycles. The number of ether oxygens (including phenoxy) is 3. The second kappa shape index (κ2) is 9.99. The number of benzene rings is 3. The average Bonchev–Trinajstić information content (AvgIpc) is 3.41. The smallest absolute Gasteiger partial charge is 0.257 e. The third-order valence-corrected chi connectivity index (χ3v) is 6.25. The maximum absolute atomic E-state index is 13.1. The van der Waals surface area contributed by atoms with Crippen molar-refractivity contribution in [2.45, 2.75) is 26.2 Å². The SMILES string of the molecule is COc1cc2ncc(C#N)c(Oc3ccc4c(C(=O)Nc5cc(C(C)(C)C)on5)cccc4c3)c2cc1OC. The zero-order valence-electron chi connectivity index (χ0n) is 22.2. The van der Waals surface area contributed by atoms with E-state index in [0.29, 0.717) is 51.0 Å². The monoisotopic (exact) mass is 522 g/mol. The van der Waals surface area contributed by atoms with Crippen LogP contribution in [-0.2, 0) is 5.41 Å². The Morgan fingerprint density at radius 1 is 1.00 bits per heavy atom. The molecule has 0 fully saturated rings. The van der Waals surface area contributed by atoms with Crippen LogP contribution >= 0.6 is 0 Å². The molecule has 196 valence electrons. The first kappa shape index (κ1) is 25.5. The number of rotatable bonds is 6. The number of nitriles is 1. The van der Waals surface area contributed by atoms with Crippen molar-refractivity contribution >= 4 is 33.4 Å². The molecule has 0 aliphatic rings. The summed E-state index contributed by atoms with van der Waals surface area (Å²) in [6.45, 7) is 6.02. The van der Waals surface area contributed by atoms with E-state index in [9.17, 15) is 10.1 Å². The summed E-state index contributed by atoms with van der Waals surface area (Å²) in [5.41, 5.74) is 1.10. The molecule has 1 amide bonds. The number of hydrogen-bond acceptors (Lipinski definition) is 8. The van der Waals surface area contributed by atoms with Crippen molar-refractivity contribution in [1.82, 2.24) is 10.1 Å². The maximum atomic E-state index is 13.1. The summed E-state index contributed by atoms with van der Waals surface area (Å²) >= 11 is 0. The quantitative estimate of drug-likeness (QED) is 0.265. The fourth-order valence-electron chi connectivity index (χ4n) is 4.20. The van der Waals surface area contributed by atoms with E-state index in [1.54, 1.807) is 43.5 Å². The molecule has 39 heavy (non-hydrogen) atoms. The van der Waals surface area contributed by atoms with Gasteiger partial charge in [0.2, 0.25) is 0 Å². The standard InChI is InChI=1S/C30H26N4O5/c1-30(2,3)26-14-27(34-39-26)33-29(35)21-8-6-7-17-11-19(9-10-20(17)21)38-28-18(15-31)16-32-23-13-25(37-5)24(36-4)12-22(23)28/h6-14,16H,1-5H3,(H,33,34,35). The van der Waals surface area contributed by atoms with Crippen LogP contribution < -0.4 is 19.5 Å². The van der Waals surface area contributed by atoms with Gasteiger partial charge in [-0.15, -0.1) is 0 Å². The van der Waals surface area contributed by atoms with E-state index in [0.717, 1.165) is 10.8 Å². The highest BCUT2D eigenvalue weighted by molar-refractivity contribution is 6.12. The zero-order valence-corrected chi connectivity index (χ0v) is 22.2. The highest BCUT2D eigenvalue weighted by atomic mass is 16.5. The highest BCUT2D eigenvalue weighted by Gasteiger charge is 2.21. The van der Waals surface area contributed by atoms with E-state index in [1.165, 1.54) is 13.3 Å². The van der Waals surface area contributed by atoms with Gasteiger partial charge in [0.25, 0.3) is 5.91 Å². The molecular formula is C30H26N4O5. The van der Waals surface area contributed by atoms with E-state index in [-0.39, 0.29) is 16.9 Å². The van der Waals surface area contributed by atoms with Crippen molar-refractivity contribution in [1.29, 1.82) is 5.26 Å². The number of methoxy groups -OCH3 is 2. The Bertz CT molecular complexity index is 1760. The Morgan fingerprint density at radius 2 is 1.77 bits per heavy atom. The molecule has 0 bridgehead atoms. The molecule has 2 heterocycles. The number of anilines is 1. The number of amides is 1. The van der Waals surface area contributed by atoms with Crippen molar-refractivity contribution < 1.29 is 23.5 Å². The summed E-state index contributed by atoms with van der Waals surface area (Å²) in [7, 11) is 3.08. The number of nitrogens with one attached hydrogen (secondary N) is 1. The Morgan fingerprint density at radius 3 is 2.46 bits per heavy atom. The molecule has 5 rings (SSSR count). The molecule has 0 radical (unpaired) electrons. The predicted octanol–water partition coefficient (Wildman–Crippen LogP) is 6.61. The molecule has 0 aliphatic carbocycles. The minimum Gasteiger partial charge on any atom is -0.493 e. The third kappa shape index (κ3) is 4.92. The minimum atomic E-state index is -0.309. The number of carbonyl (C=O) groups excluding carboxylic acids is 1. The molecule has 0 unspecified atom stereocenters. The van der Waals surface area contributed by atoms with Crippen LogP contribution in [-0.4, -0.2) is 30.3 Å². The van der Waals surface area contributed by atoms with E-state index < -0.39 is 0 Å². The van der Waals surface area contributed by atoms with Gasteiger partial charge in [0.15, 0.2) is 23.1 Å². The van der Waals surface area contributed by atoms with E-state index in [1.807, 2.05) is 39.0 Å². The number of carbonyl (C=O) groups is 1. The first-order valence-corrected chi connectivity index (χ1v) is 12.2. The molecule has 3 aromatic carbocycles. The number of aromatic nitrogens is 2. The van der Waals surface area contributed by atoms with E-state index in [2.05, 4.69) is 21.5 Å². The Kier molecular flexibility index (Phi) is 6.54. The lowest BCUT2D eigenvalue weighted by Gasteiger charge is -2.14. The van der Waals surface area contributed by atoms with Crippen molar-refractivity contribution in [3.05, 3.63) is 77.7 Å². The predicted molar refractivity (Wildman–Crippen MR) is 147 cm³/mol. The van der Waals surface area contributed by atoms with Gasteiger partial charge in [-0.05, 0) is 41.1 Å². The molecule has 5 aromatic rings. The lowest BCUT2D eigenvalue weighted by molar-refractivity contribution is 0.102. The molecule has 1 N–H and O–H groups in total.